The van der Waals surface area contributed by atoms with Gasteiger partial charge < -0.3 is 21.3 Å². The molecule has 130 valence electrons. The summed E-state index contributed by atoms with van der Waals surface area (Å²) in [6.45, 7) is 4.54. The molecule has 0 spiro atoms. The summed E-state index contributed by atoms with van der Waals surface area (Å²) in [6, 6.07) is -2.23. The van der Waals surface area contributed by atoms with Crippen molar-refractivity contribution in [3.05, 3.63) is 0 Å². The maximum Gasteiger partial charge on any atom is 0.331 e. The number of carbonyl (C=O) groups excluding carboxylic acids is 2. The first-order valence-corrected chi connectivity index (χ1v) is 8.11. The molecule has 3 unspecified atom stereocenters. The average molecular weight is 326 g/mol. The van der Waals surface area contributed by atoms with E-state index in [1.165, 1.54) is 6.42 Å². The molecule has 5 N–H and O–H groups in total. The molecule has 2 saturated carbocycles. The Morgan fingerprint density at radius 1 is 1.17 bits per heavy atom. The zero-order valence-corrected chi connectivity index (χ0v) is 13.7. The maximum atomic E-state index is 11.9. The standard InChI is InChI=1S/C16H26N2O5/c1-16(2)9-3-4-10(16)8(5-9)6-11(17)14(21)23-15(22)12(18)7-13(19)20/h8-12H,3-7,17-18H2,1-2H3,(H,19,20)/t8?,9?,10?,11-,12-/m0/s1. The molecule has 2 aliphatic carbocycles. The van der Waals surface area contributed by atoms with Gasteiger partial charge in [0.15, 0.2) is 0 Å². The highest BCUT2D eigenvalue weighted by molar-refractivity contribution is 5.92. The Morgan fingerprint density at radius 3 is 2.26 bits per heavy atom. The molecule has 0 amide bonds. The van der Waals surface area contributed by atoms with E-state index in [9.17, 15) is 14.4 Å². The molecule has 0 aromatic rings. The van der Waals surface area contributed by atoms with E-state index in [4.69, 9.17) is 16.6 Å². The van der Waals surface area contributed by atoms with Crippen molar-refractivity contribution in [2.45, 2.75) is 58.0 Å². The topological polar surface area (TPSA) is 133 Å². The third-order valence-corrected chi connectivity index (χ3v) is 5.75. The summed E-state index contributed by atoms with van der Waals surface area (Å²) in [5.41, 5.74) is 11.5. The minimum absolute atomic E-state index is 0.286. The Bertz CT molecular complexity index is 505. The monoisotopic (exact) mass is 326 g/mol. The molecule has 0 aromatic heterocycles. The van der Waals surface area contributed by atoms with Crippen LogP contribution in [0.4, 0.5) is 0 Å². The van der Waals surface area contributed by atoms with Crippen LogP contribution < -0.4 is 11.5 Å². The van der Waals surface area contributed by atoms with E-state index in [0.717, 1.165) is 12.8 Å². The minimum Gasteiger partial charge on any atom is -0.481 e. The lowest BCUT2D eigenvalue weighted by Crippen LogP contribution is -2.41. The van der Waals surface area contributed by atoms with E-state index < -0.39 is 36.4 Å². The SMILES string of the molecule is CC1(C)C2CCC1C(C[C@H](N)C(=O)OC(=O)[C@@H](N)CC(=O)O)C2. The van der Waals surface area contributed by atoms with Crippen LogP contribution in [0.15, 0.2) is 0 Å². The van der Waals surface area contributed by atoms with Crippen molar-refractivity contribution in [3.63, 3.8) is 0 Å². The van der Waals surface area contributed by atoms with Crippen molar-refractivity contribution in [2.24, 2.45) is 34.6 Å². The summed E-state index contributed by atoms with van der Waals surface area (Å²) in [5.74, 6) is -1.50. The van der Waals surface area contributed by atoms with Gasteiger partial charge >= 0.3 is 17.9 Å². The number of carbonyl (C=O) groups is 3. The van der Waals surface area contributed by atoms with Gasteiger partial charge in [-0.1, -0.05) is 13.8 Å². The number of rotatable bonds is 6. The van der Waals surface area contributed by atoms with Crippen LogP contribution in [0.2, 0.25) is 0 Å². The fourth-order valence-electron chi connectivity index (χ4n) is 4.43. The largest absolute Gasteiger partial charge is 0.481 e. The fraction of sp³-hybridized carbons (Fsp3) is 0.812. The predicted molar refractivity (Wildman–Crippen MR) is 82.0 cm³/mol. The van der Waals surface area contributed by atoms with Gasteiger partial charge in [0.05, 0.1) is 6.42 Å². The van der Waals surface area contributed by atoms with Gasteiger partial charge in [-0.2, -0.15) is 0 Å². The molecule has 0 aliphatic heterocycles. The first-order chi connectivity index (χ1) is 10.6. The molecular weight excluding hydrogens is 300 g/mol. The second-order valence-electron chi connectivity index (χ2n) is 7.48. The lowest BCUT2D eigenvalue weighted by molar-refractivity contribution is -0.163. The Labute approximate surface area is 135 Å². The quantitative estimate of drug-likeness (QED) is 0.482. The van der Waals surface area contributed by atoms with Crippen molar-refractivity contribution < 1.29 is 24.2 Å². The summed E-state index contributed by atoms with van der Waals surface area (Å²) < 4.78 is 4.63. The molecule has 0 radical (unpaired) electrons. The summed E-state index contributed by atoms with van der Waals surface area (Å²) in [7, 11) is 0. The van der Waals surface area contributed by atoms with Gasteiger partial charge in [0, 0.05) is 0 Å². The predicted octanol–water partition coefficient (Wildman–Crippen LogP) is 0.648. The van der Waals surface area contributed by atoms with Gasteiger partial charge in [-0.15, -0.1) is 0 Å². The van der Waals surface area contributed by atoms with Crippen molar-refractivity contribution >= 4 is 17.9 Å². The first kappa shape index (κ1) is 17.9. The first-order valence-electron chi connectivity index (χ1n) is 8.11. The normalized spacial score (nSPS) is 30.7. The van der Waals surface area contributed by atoms with E-state index in [-0.39, 0.29) is 5.41 Å². The summed E-state index contributed by atoms with van der Waals surface area (Å²) in [6.07, 6.45) is 3.36. The summed E-state index contributed by atoms with van der Waals surface area (Å²) >= 11 is 0. The van der Waals surface area contributed by atoms with Gasteiger partial charge in [-0.3, -0.25) is 4.79 Å². The van der Waals surface area contributed by atoms with Crippen LogP contribution in [0.1, 0.15) is 46.0 Å². The maximum absolute atomic E-state index is 11.9. The van der Waals surface area contributed by atoms with Crippen molar-refractivity contribution in [2.75, 3.05) is 0 Å². The van der Waals surface area contributed by atoms with Gasteiger partial charge in [0.1, 0.15) is 12.1 Å². The van der Waals surface area contributed by atoms with Crippen molar-refractivity contribution in [3.8, 4) is 0 Å². The summed E-state index contributed by atoms with van der Waals surface area (Å²) in [4.78, 5) is 34.0. The molecule has 7 heteroatoms. The minimum atomic E-state index is -1.36. The third kappa shape index (κ3) is 3.72. The van der Waals surface area contributed by atoms with Crippen LogP contribution in [0.25, 0.3) is 0 Å². The fourth-order valence-corrected chi connectivity index (χ4v) is 4.43. The zero-order chi connectivity index (χ0) is 17.4. The number of aliphatic carboxylic acids is 1. The lowest BCUT2D eigenvalue weighted by atomic mass is 9.78. The van der Waals surface area contributed by atoms with Crippen molar-refractivity contribution in [1.82, 2.24) is 0 Å². The number of ether oxygens (including phenoxy) is 1. The van der Waals surface area contributed by atoms with E-state index in [1.54, 1.807) is 0 Å². The van der Waals surface area contributed by atoms with E-state index in [0.29, 0.717) is 24.2 Å². The number of esters is 2. The second kappa shape index (κ2) is 6.57. The van der Waals surface area contributed by atoms with Gasteiger partial charge in [-0.05, 0) is 48.9 Å². The van der Waals surface area contributed by atoms with Crippen LogP contribution in [-0.2, 0) is 19.1 Å². The van der Waals surface area contributed by atoms with Crippen LogP contribution in [0.3, 0.4) is 0 Å². The Hall–Kier alpha value is -1.47. The van der Waals surface area contributed by atoms with Crippen LogP contribution in [0.5, 0.6) is 0 Å². The molecule has 5 atom stereocenters. The number of hydrogen-bond acceptors (Lipinski definition) is 6. The lowest BCUT2D eigenvalue weighted by Gasteiger charge is -2.27. The molecule has 0 heterocycles. The molecule has 7 nitrogen and oxygen atoms in total. The number of carboxylic acids is 1. The number of hydrogen-bond donors (Lipinski definition) is 3. The van der Waals surface area contributed by atoms with Gasteiger partial charge in [0.25, 0.3) is 0 Å². The van der Waals surface area contributed by atoms with E-state index >= 15 is 0 Å². The van der Waals surface area contributed by atoms with Crippen molar-refractivity contribution in [1.29, 1.82) is 0 Å². The van der Waals surface area contributed by atoms with Gasteiger partial charge in [0.2, 0.25) is 0 Å². The number of fused-ring (bicyclic) bond motifs is 2. The molecule has 2 rings (SSSR count). The highest BCUT2D eigenvalue weighted by Gasteiger charge is 2.53. The molecule has 23 heavy (non-hydrogen) atoms. The average Bonchev–Trinajstić information content (AvgIpc) is 2.85. The Kier molecular flexibility index (Phi) is 5.10. The zero-order valence-electron chi connectivity index (χ0n) is 13.7. The second-order valence-corrected chi connectivity index (χ2v) is 7.48. The van der Waals surface area contributed by atoms with E-state index in [1.807, 2.05) is 0 Å². The molecule has 2 aliphatic rings. The van der Waals surface area contributed by atoms with Crippen LogP contribution in [0, 0.1) is 23.2 Å². The van der Waals surface area contributed by atoms with E-state index in [2.05, 4.69) is 18.6 Å². The molecule has 0 saturated heterocycles. The highest BCUT2D eigenvalue weighted by Crippen LogP contribution is 2.61. The summed E-state index contributed by atoms with van der Waals surface area (Å²) in [5, 5.41) is 8.58. The Morgan fingerprint density at radius 2 is 1.78 bits per heavy atom. The van der Waals surface area contributed by atoms with Crippen LogP contribution in [-0.4, -0.2) is 35.1 Å². The third-order valence-electron chi connectivity index (χ3n) is 5.75. The number of carboxylic acid groups (broad SMARTS) is 1. The molecular formula is C16H26N2O5. The van der Waals surface area contributed by atoms with Crippen LogP contribution >= 0.6 is 0 Å². The molecule has 2 fully saturated rings. The Balaban J connectivity index is 1.84. The molecule has 0 aromatic carbocycles. The highest BCUT2D eigenvalue weighted by atomic mass is 16.6. The number of nitrogens with two attached hydrogens (primary N) is 2. The smallest absolute Gasteiger partial charge is 0.331 e. The molecule has 2 bridgehead atoms. The van der Waals surface area contributed by atoms with Gasteiger partial charge in [-0.25, -0.2) is 9.59 Å².